The molecule has 2 heterocycles. The molecule has 1 aliphatic heterocycles. The molecule has 1 aromatic heterocycles. The van der Waals surface area contributed by atoms with Crippen LogP contribution in [0.5, 0.6) is 5.75 Å². The van der Waals surface area contributed by atoms with Crippen LogP contribution in [0.1, 0.15) is 18.1 Å². The van der Waals surface area contributed by atoms with Crippen LogP contribution in [0, 0.1) is 6.92 Å². The number of para-hydroxylation sites is 1. The number of amides is 1. The van der Waals surface area contributed by atoms with Gasteiger partial charge in [-0.3, -0.25) is 9.78 Å². The van der Waals surface area contributed by atoms with Gasteiger partial charge in [0.15, 0.2) is 0 Å². The molecule has 21 heavy (non-hydrogen) atoms. The van der Waals surface area contributed by atoms with Crippen molar-refractivity contribution in [1.29, 1.82) is 0 Å². The van der Waals surface area contributed by atoms with Gasteiger partial charge in [0.05, 0.1) is 12.2 Å². The van der Waals surface area contributed by atoms with Gasteiger partial charge in [0.1, 0.15) is 11.9 Å². The molecule has 1 atom stereocenters. The molecule has 2 aromatic rings. The predicted octanol–water partition coefficient (Wildman–Crippen LogP) is 2.50. The van der Waals surface area contributed by atoms with Crippen molar-refractivity contribution in [2.75, 3.05) is 6.54 Å². The minimum Gasteiger partial charge on any atom is -0.487 e. The number of hydrogen-bond acceptors (Lipinski definition) is 3. The highest BCUT2D eigenvalue weighted by atomic mass is 16.5. The average Bonchev–Trinajstić information content (AvgIpc) is 2.88. The fourth-order valence-electron chi connectivity index (χ4n) is 2.66. The fraction of sp³-hybridized carbons (Fsp3) is 0.294. The van der Waals surface area contributed by atoms with E-state index in [1.54, 1.807) is 6.20 Å². The first kappa shape index (κ1) is 13.6. The van der Waals surface area contributed by atoms with E-state index in [0.29, 0.717) is 6.54 Å². The van der Waals surface area contributed by atoms with Crippen LogP contribution in [0.3, 0.4) is 0 Å². The average molecular weight is 282 g/mol. The number of rotatable bonds is 3. The minimum atomic E-state index is -0.0321. The largest absolute Gasteiger partial charge is 0.487 e. The molecule has 1 aromatic carbocycles. The number of fused-ring (bicyclic) bond motifs is 1. The predicted molar refractivity (Wildman–Crippen MR) is 81.2 cm³/mol. The van der Waals surface area contributed by atoms with E-state index < -0.39 is 0 Å². The standard InChI is InChI=1S/C17H18N2O2/c1-11-5-4-8-18-16(11)15-7-3-6-13-9-14(21-17(13)15)10-19-12(2)20/h3-8,14H,9-10H2,1-2H3,(H,19,20). The van der Waals surface area contributed by atoms with Gasteiger partial charge in [-0.15, -0.1) is 0 Å². The summed E-state index contributed by atoms with van der Waals surface area (Å²) in [6, 6.07) is 10.1. The molecule has 1 amide bonds. The van der Waals surface area contributed by atoms with Crippen molar-refractivity contribution in [3.8, 4) is 17.0 Å². The number of aromatic nitrogens is 1. The van der Waals surface area contributed by atoms with Crippen molar-refractivity contribution >= 4 is 5.91 Å². The number of pyridine rings is 1. The summed E-state index contributed by atoms with van der Waals surface area (Å²) in [6.45, 7) is 4.10. The Morgan fingerprint density at radius 3 is 3.00 bits per heavy atom. The third kappa shape index (κ3) is 2.75. The molecule has 4 nitrogen and oxygen atoms in total. The first-order chi connectivity index (χ1) is 10.1. The molecule has 0 fully saturated rings. The molecule has 4 heteroatoms. The van der Waals surface area contributed by atoms with Gasteiger partial charge in [-0.05, 0) is 30.2 Å². The zero-order valence-electron chi connectivity index (χ0n) is 12.2. The highest BCUT2D eigenvalue weighted by Gasteiger charge is 2.26. The molecular weight excluding hydrogens is 264 g/mol. The van der Waals surface area contributed by atoms with Crippen molar-refractivity contribution in [2.45, 2.75) is 26.4 Å². The molecule has 1 unspecified atom stereocenters. The maximum absolute atomic E-state index is 11.0. The van der Waals surface area contributed by atoms with Crippen LogP contribution < -0.4 is 10.1 Å². The van der Waals surface area contributed by atoms with Crippen LogP contribution in [0.2, 0.25) is 0 Å². The van der Waals surface area contributed by atoms with Crippen LogP contribution in [0.15, 0.2) is 36.5 Å². The number of benzene rings is 1. The molecule has 108 valence electrons. The number of nitrogens with zero attached hydrogens (tertiary/aromatic N) is 1. The molecule has 1 N–H and O–H groups in total. The molecule has 0 aliphatic carbocycles. The smallest absolute Gasteiger partial charge is 0.217 e. The van der Waals surface area contributed by atoms with E-state index in [-0.39, 0.29) is 12.0 Å². The number of ether oxygens (including phenoxy) is 1. The Balaban J connectivity index is 1.90. The van der Waals surface area contributed by atoms with Gasteiger partial charge in [0.2, 0.25) is 5.91 Å². The Labute approximate surface area is 124 Å². The summed E-state index contributed by atoms with van der Waals surface area (Å²) < 4.78 is 6.04. The Bertz CT molecular complexity index is 682. The van der Waals surface area contributed by atoms with E-state index in [0.717, 1.165) is 29.0 Å². The first-order valence-corrected chi connectivity index (χ1v) is 7.10. The molecule has 0 saturated heterocycles. The number of carbonyl (C=O) groups is 1. The summed E-state index contributed by atoms with van der Waals surface area (Å²) in [5, 5.41) is 2.81. The number of aryl methyl sites for hydroxylation is 1. The lowest BCUT2D eigenvalue weighted by atomic mass is 10.0. The van der Waals surface area contributed by atoms with Gasteiger partial charge in [-0.25, -0.2) is 0 Å². The van der Waals surface area contributed by atoms with E-state index in [4.69, 9.17) is 4.74 Å². The van der Waals surface area contributed by atoms with Gasteiger partial charge < -0.3 is 10.1 Å². The molecule has 0 saturated carbocycles. The summed E-state index contributed by atoms with van der Waals surface area (Å²) in [4.78, 5) is 15.5. The number of hydrogen-bond donors (Lipinski definition) is 1. The molecule has 0 radical (unpaired) electrons. The van der Waals surface area contributed by atoms with E-state index in [1.165, 1.54) is 12.5 Å². The Morgan fingerprint density at radius 2 is 2.24 bits per heavy atom. The van der Waals surface area contributed by atoms with Crippen LogP contribution in [0.4, 0.5) is 0 Å². The quantitative estimate of drug-likeness (QED) is 0.941. The normalized spacial score (nSPS) is 16.2. The van der Waals surface area contributed by atoms with Crippen LogP contribution in [-0.2, 0) is 11.2 Å². The minimum absolute atomic E-state index is 0.00549. The van der Waals surface area contributed by atoms with Gasteiger partial charge >= 0.3 is 0 Å². The van der Waals surface area contributed by atoms with E-state index in [2.05, 4.69) is 16.4 Å². The van der Waals surface area contributed by atoms with Crippen LogP contribution in [-0.4, -0.2) is 23.5 Å². The zero-order valence-corrected chi connectivity index (χ0v) is 12.2. The summed E-state index contributed by atoms with van der Waals surface area (Å²) >= 11 is 0. The summed E-state index contributed by atoms with van der Waals surface area (Å²) in [7, 11) is 0. The van der Waals surface area contributed by atoms with Gasteiger partial charge in [-0.2, -0.15) is 0 Å². The van der Waals surface area contributed by atoms with Crippen LogP contribution in [0.25, 0.3) is 11.3 Å². The number of carbonyl (C=O) groups excluding carboxylic acids is 1. The zero-order chi connectivity index (χ0) is 14.8. The van der Waals surface area contributed by atoms with Crippen molar-refractivity contribution in [2.24, 2.45) is 0 Å². The van der Waals surface area contributed by atoms with E-state index in [1.807, 2.05) is 31.2 Å². The highest BCUT2D eigenvalue weighted by Crippen LogP contribution is 2.38. The third-order valence-electron chi connectivity index (χ3n) is 3.67. The van der Waals surface area contributed by atoms with Crippen molar-refractivity contribution < 1.29 is 9.53 Å². The van der Waals surface area contributed by atoms with Gasteiger partial charge in [0.25, 0.3) is 0 Å². The van der Waals surface area contributed by atoms with Crippen LogP contribution >= 0.6 is 0 Å². The second-order valence-corrected chi connectivity index (χ2v) is 5.34. The fourth-order valence-corrected chi connectivity index (χ4v) is 2.66. The monoisotopic (exact) mass is 282 g/mol. The maximum Gasteiger partial charge on any atom is 0.217 e. The van der Waals surface area contributed by atoms with Gasteiger partial charge in [-0.1, -0.05) is 18.2 Å². The Morgan fingerprint density at radius 1 is 1.38 bits per heavy atom. The molecule has 1 aliphatic rings. The first-order valence-electron chi connectivity index (χ1n) is 7.10. The third-order valence-corrected chi connectivity index (χ3v) is 3.67. The lowest BCUT2D eigenvalue weighted by Crippen LogP contribution is -2.32. The highest BCUT2D eigenvalue weighted by molar-refractivity contribution is 5.73. The van der Waals surface area contributed by atoms with Crippen molar-refractivity contribution in [1.82, 2.24) is 10.3 Å². The lowest BCUT2D eigenvalue weighted by molar-refractivity contribution is -0.119. The van der Waals surface area contributed by atoms with Gasteiger partial charge in [0, 0.05) is 25.1 Å². The second kappa shape index (κ2) is 5.56. The summed E-state index contributed by atoms with van der Waals surface area (Å²) in [6.07, 6.45) is 2.61. The molecular formula is C17H18N2O2. The van der Waals surface area contributed by atoms with E-state index >= 15 is 0 Å². The molecule has 3 rings (SSSR count). The Hall–Kier alpha value is -2.36. The second-order valence-electron chi connectivity index (χ2n) is 5.34. The molecule has 0 spiro atoms. The topological polar surface area (TPSA) is 51.2 Å². The van der Waals surface area contributed by atoms with Crippen molar-refractivity contribution in [3.63, 3.8) is 0 Å². The SMILES string of the molecule is CC(=O)NCC1Cc2cccc(-c3ncccc3C)c2O1. The maximum atomic E-state index is 11.0. The molecule has 0 bridgehead atoms. The summed E-state index contributed by atoms with van der Waals surface area (Å²) in [5.41, 5.74) is 4.28. The number of nitrogens with one attached hydrogen (secondary N) is 1. The van der Waals surface area contributed by atoms with E-state index in [9.17, 15) is 4.79 Å². The Kier molecular flexibility index (Phi) is 3.60. The lowest BCUT2D eigenvalue weighted by Gasteiger charge is -2.13. The summed E-state index contributed by atoms with van der Waals surface area (Å²) in [5.74, 6) is 0.866. The van der Waals surface area contributed by atoms with Crippen molar-refractivity contribution in [3.05, 3.63) is 47.7 Å².